The summed E-state index contributed by atoms with van der Waals surface area (Å²) in [7, 11) is -3.41. The van der Waals surface area contributed by atoms with E-state index in [2.05, 4.69) is 4.72 Å². The maximum atomic E-state index is 11.6. The maximum Gasteiger partial charge on any atom is 0.240 e. The summed E-state index contributed by atoms with van der Waals surface area (Å²) in [5, 5.41) is 16.5. The van der Waals surface area contributed by atoms with Crippen molar-refractivity contribution < 1.29 is 18.6 Å². The molecule has 6 nitrogen and oxygen atoms in total. The number of nitrogens with two attached hydrogens (primary N) is 1. The molecule has 0 bridgehead atoms. The molecule has 1 aromatic carbocycles. The Kier molecular flexibility index (Phi) is 10.2. The maximum absolute atomic E-state index is 11.6. The Morgan fingerprint density at radius 1 is 1.10 bits per heavy atom. The topological polar surface area (TPSA) is 113 Å². The number of hydrogen-bond donors (Lipinski definition) is 4. The zero-order valence-electron chi connectivity index (χ0n) is 11.7. The van der Waals surface area contributed by atoms with Gasteiger partial charge in [-0.3, -0.25) is 0 Å². The lowest BCUT2D eigenvalue weighted by molar-refractivity contribution is 0.289. The third kappa shape index (κ3) is 8.23. The SMILES string of the molecule is Cc1ccc(S(=O)(=O)NCCCO)cc1.NCCCO. The van der Waals surface area contributed by atoms with Crippen molar-refractivity contribution in [1.82, 2.24) is 4.72 Å². The first kappa shape index (κ1) is 19.0. The van der Waals surface area contributed by atoms with Crippen LogP contribution in [0, 0.1) is 6.92 Å². The van der Waals surface area contributed by atoms with E-state index >= 15 is 0 Å². The molecule has 0 fully saturated rings. The molecule has 0 unspecified atom stereocenters. The minimum atomic E-state index is -3.41. The molecule has 0 aliphatic rings. The molecule has 0 aliphatic carbocycles. The lowest BCUT2D eigenvalue weighted by atomic mass is 10.2. The third-order valence-corrected chi connectivity index (χ3v) is 3.80. The first-order chi connectivity index (χ1) is 9.47. The van der Waals surface area contributed by atoms with Crippen LogP contribution in [0.3, 0.4) is 0 Å². The number of aryl methyl sites for hydroxylation is 1. The Morgan fingerprint density at radius 3 is 2.05 bits per heavy atom. The molecular weight excluding hydrogens is 280 g/mol. The molecule has 0 aliphatic heterocycles. The average Bonchev–Trinajstić information content (AvgIpc) is 2.41. The van der Waals surface area contributed by atoms with Crippen LogP contribution in [-0.2, 0) is 10.0 Å². The fourth-order valence-electron chi connectivity index (χ4n) is 1.18. The Morgan fingerprint density at radius 2 is 1.65 bits per heavy atom. The quantitative estimate of drug-likeness (QED) is 0.529. The summed E-state index contributed by atoms with van der Waals surface area (Å²) in [5.41, 5.74) is 6.00. The highest BCUT2D eigenvalue weighted by Gasteiger charge is 2.11. The lowest BCUT2D eigenvalue weighted by Crippen LogP contribution is -2.25. The first-order valence-corrected chi connectivity index (χ1v) is 7.94. The van der Waals surface area contributed by atoms with E-state index in [9.17, 15) is 8.42 Å². The van der Waals surface area contributed by atoms with E-state index in [-0.39, 0.29) is 24.7 Å². The van der Waals surface area contributed by atoms with Gasteiger partial charge in [-0.15, -0.1) is 0 Å². The minimum absolute atomic E-state index is 0.0174. The number of sulfonamides is 1. The Balaban J connectivity index is 0.000000621. The minimum Gasteiger partial charge on any atom is -0.396 e. The highest BCUT2D eigenvalue weighted by molar-refractivity contribution is 7.89. The standard InChI is InChI=1S/C10H15NO3S.C3H9NO/c1-9-3-5-10(6-4-9)15(13,14)11-7-2-8-12;4-2-1-3-5/h3-6,11-12H,2,7-8H2,1H3;5H,1-4H2. The van der Waals surface area contributed by atoms with Crippen molar-refractivity contribution >= 4 is 10.0 Å². The van der Waals surface area contributed by atoms with Gasteiger partial charge in [-0.25, -0.2) is 13.1 Å². The van der Waals surface area contributed by atoms with Gasteiger partial charge in [0.05, 0.1) is 4.90 Å². The summed E-state index contributed by atoms with van der Waals surface area (Å²) < 4.78 is 25.7. The monoisotopic (exact) mass is 304 g/mol. The van der Waals surface area contributed by atoms with Gasteiger partial charge in [0.2, 0.25) is 10.0 Å². The predicted octanol–water partition coefficient (Wildman–Crippen LogP) is -0.0168. The van der Waals surface area contributed by atoms with Crippen molar-refractivity contribution in [3.05, 3.63) is 29.8 Å². The zero-order valence-corrected chi connectivity index (χ0v) is 12.6. The summed E-state index contributed by atoms with van der Waals surface area (Å²) in [5.74, 6) is 0. The van der Waals surface area contributed by atoms with Gasteiger partial charge in [0, 0.05) is 19.8 Å². The van der Waals surface area contributed by atoms with Crippen LogP contribution in [0.5, 0.6) is 0 Å². The van der Waals surface area contributed by atoms with Crippen LogP contribution in [0.4, 0.5) is 0 Å². The van der Waals surface area contributed by atoms with Gasteiger partial charge in [-0.1, -0.05) is 17.7 Å². The normalized spacial score (nSPS) is 10.8. The molecule has 0 saturated heterocycles. The second-order valence-electron chi connectivity index (χ2n) is 4.15. The van der Waals surface area contributed by atoms with Crippen molar-refractivity contribution in [2.45, 2.75) is 24.7 Å². The molecule has 116 valence electrons. The summed E-state index contributed by atoms with van der Waals surface area (Å²) in [6.07, 6.45) is 1.14. The summed E-state index contributed by atoms with van der Waals surface area (Å²) >= 11 is 0. The smallest absolute Gasteiger partial charge is 0.240 e. The molecule has 0 saturated carbocycles. The summed E-state index contributed by atoms with van der Waals surface area (Å²) in [6, 6.07) is 6.63. The van der Waals surface area contributed by atoms with Crippen molar-refractivity contribution in [2.24, 2.45) is 5.73 Å². The zero-order chi connectivity index (χ0) is 15.4. The lowest BCUT2D eigenvalue weighted by Gasteiger charge is -2.05. The predicted molar refractivity (Wildman–Crippen MR) is 78.8 cm³/mol. The highest BCUT2D eigenvalue weighted by atomic mass is 32.2. The van der Waals surface area contributed by atoms with Crippen LogP contribution in [0.15, 0.2) is 29.2 Å². The van der Waals surface area contributed by atoms with Gasteiger partial charge in [0.1, 0.15) is 0 Å². The van der Waals surface area contributed by atoms with E-state index in [1.807, 2.05) is 6.92 Å². The fraction of sp³-hybridized carbons (Fsp3) is 0.538. The average molecular weight is 304 g/mol. The number of hydrogen-bond acceptors (Lipinski definition) is 5. The molecule has 5 N–H and O–H groups in total. The van der Waals surface area contributed by atoms with E-state index in [0.717, 1.165) is 12.0 Å². The Labute approximate surface area is 120 Å². The number of aliphatic hydroxyl groups is 2. The van der Waals surface area contributed by atoms with E-state index in [4.69, 9.17) is 15.9 Å². The van der Waals surface area contributed by atoms with Crippen LogP contribution in [0.2, 0.25) is 0 Å². The van der Waals surface area contributed by atoms with Gasteiger partial charge in [-0.2, -0.15) is 0 Å². The summed E-state index contributed by atoms with van der Waals surface area (Å²) in [4.78, 5) is 0.256. The molecule has 0 radical (unpaired) electrons. The molecule has 0 amide bonds. The first-order valence-electron chi connectivity index (χ1n) is 6.46. The van der Waals surface area contributed by atoms with Gasteiger partial charge >= 0.3 is 0 Å². The number of aliphatic hydroxyl groups excluding tert-OH is 2. The molecule has 0 atom stereocenters. The van der Waals surface area contributed by atoms with E-state index in [0.29, 0.717) is 13.0 Å². The number of nitrogens with one attached hydrogen (secondary N) is 1. The Bertz CT molecular complexity index is 444. The summed E-state index contributed by atoms with van der Waals surface area (Å²) in [6.45, 7) is 2.95. The molecule has 0 aromatic heterocycles. The van der Waals surface area contributed by atoms with Gasteiger partial charge in [0.15, 0.2) is 0 Å². The van der Waals surface area contributed by atoms with Crippen LogP contribution in [0.1, 0.15) is 18.4 Å². The fourth-order valence-corrected chi connectivity index (χ4v) is 2.25. The van der Waals surface area contributed by atoms with Crippen LogP contribution < -0.4 is 10.5 Å². The number of rotatable bonds is 7. The Hall–Kier alpha value is -0.990. The van der Waals surface area contributed by atoms with E-state index in [1.165, 1.54) is 0 Å². The van der Waals surface area contributed by atoms with E-state index in [1.54, 1.807) is 24.3 Å². The highest BCUT2D eigenvalue weighted by Crippen LogP contribution is 2.09. The van der Waals surface area contributed by atoms with Crippen LogP contribution in [-0.4, -0.2) is 44.9 Å². The molecule has 0 spiro atoms. The van der Waals surface area contributed by atoms with Gasteiger partial charge in [-0.05, 0) is 38.4 Å². The second-order valence-corrected chi connectivity index (χ2v) is 5.92. The third-order valence-electron chi connectivity index (χ3n) is 2.32. The van der Waals surface area contributed by atoms with Crippen molar-refractivity contribution in [2.75, 3.05) is 26.3 Å². The largest absolute Gasteiger partial charge is 0.396 e. The number of benzene rings is 1. The van der Waals surface area contributed by atoms with Crippen LogP contribution >= 0.6 is 0 Å². The molecule has 1 rings (SSSR count). The van der Waals surface area contributed by atoms with Crippen molar-refractivity contribution in [3.8, 4) is 0 Å². The van der Waals surface area contributed by atoms with Gasteiger partial charge in [0.25, 0.3) is 0 Å². The van der Waals surface area contributed by atoms with Crippen LogP contribution in [0.25, 0.3) is 0 Å². The molecule has 0 heterocycles. The molecule has 7 heteroatoms. The molecule has 20 heavy (non-hydrogen) atoms. The van der Waals surface area contributed by atoms with Gasteiger partial charge < -0.3 is 15.9 Å². The van der Waals surface area contributed by atoms with E-state index < -0.39 is 10.0 Å². The van der Waals surface area contributed by atoms with Crippen molar-refractivity contribution in [3.63, 3.8) is 0 Å². The second kappa shape index (κ2) is 10.8. The van der Waals surface area contributed by atoms with Crippen molar-refractivity contribution in [1.29, 1.82) is 0 Å². The molecule has 1 aromatic rings. The molecular formula is C13H24N2O4S.